The summed E-state index contributed by atoms with van der Waals surface area (Å²) in [5, 5.41) is 10.8. The lowest BCUT2D eigenvalue weighted by molar-refractivity contribution is 0.392. The molecule has 0 saturated heterocycles. The SMILES string of the molecule is COc1ccc(-n2nnnc2N)c(OC)c1. The van der Waals surface area contributed by atoms with Crippen LogP contribution in [0.25, 0.3) is 5.69 Å². The van der Waals surface area contributed by atoms with Crippen molar-refractivity contribution in [2.45, 2.75) is 0 Å². The van der Waals surface area contributed by atoms with Crippen LogP contribution in [0.4, 0.5) is 5.95 Å². The van der Waals surface area contributed by atoms with Crippen LogP contribution in [-0.2, 0) is 0 Å². The van der Waals surface area contributed by atoms with Gasteiger partial charge in [0.1, 0.15) is 17.2 Å². The molecular weight excluding hydrogens is 210 g/mol. The van der Waals surface area contributed by atoms with Gasteiger partial charge < -0.3 is 15.2 Å². The average molecular weight is 221 g/mol. The Hall–Kier alpha value is -2.31. The Balaban J connectivity index is 2.53. The van der Waals surface area contributed by atoms with Crippen molar-refractivity contribution in [3.8, 4) is 17.2 Å². The van der Waals surface area contributed by atoms with Crippen LogP contribution in [0.15, 0.2) is 18.2 Å². The lowest BCUT2D eigenvalue weighted by atomic mass is 10.3. The zero-order valence-electron chi connectivity index (χ0n) is 8.91. The molecule has 84 valence electrons. The van der Waals surface area contributed by atoms with Crippen LogP contribution in [0.5, 0.6) is 11.5 Å². The van der Waals surface area contributed by atoms with Crippen molar-refractivity contribution < 1.29 is 9.47 Å². The summed E-state index contributed by atoms with van der Waals surface area (Å²) in [6.07, 6.45) is 0. The molecule has 7 nitrogen and oxygen atoms in total. The van der Waals surface area contributed by atoms with Gasteiger partial charge in [0.15, 0.2) is 0 Å². The second-order valence-corrected chi connectivity index (χ2v) is 2.99. The van der Waals surface area contributed by atoms with Gasteiger partial charge in [-0.2, -0.15) is 4.68 Å². The first-order valence-corrected chi connectivity index (χ1v) is 4.52. The molecule has 2 rings (SSSR count). The number of nitrogens with two attached hydrogens (primary N) is 1. The van der Waals surface area contributed by atoms with Gasteiger partial charge in [-0.1, -0.05) is 5.10 Å². The van der Waals surface area contributed by atoms with Crippen LogP contribution in [-0.4, -0.2) is 34.4 Å². The van der Waals surface area contributed by atoms with E-state index in [0.717, 1.165) is 0 Å². The Morgan fingerprint density at radius 3 is 2.62 bits per heavy atom. The number of tetrazole rings is 1. The molecular formula is C9H11N5O2. The van der Waals surface area contributed by atoms with Gasteiger partial charge in [-0.25, -0.2) is 0 Å². The van der Waals surface area contributed by atoms with Crippen LogP contribution >= 0.6 is 0 Å². The molecule has 0 fully saturated rings. The van der Waals surface area contributed by atoms with Crippen LogP contribution in [0, 0.1) is 0 Å². The number of ether oxygens (including phenoxy) is 2. The van der Waals surface area contributed by atoms with Crippen LogP contribution in [0.1, 0.15) is 0 Å². The molecule has 0 saturated carbocycles. The summed E-state index contributed by atoms with van der Waals surface area (Å²) in [5.74, 6) is 1.47. The van der Waals surface area contributed by atoms with Gasteiger partial charge >= 0.3 is 0 Å². The predicted molar refractivity (Wildman–Crippen MR) is 56.7 cm³/mol. The van der Waals surface area contributed by atoms with Crippen molar-refractivity contribution in [2.75, 3.05) is 20.0 Å². The number of aromatic nitrogens is 4. The number of nitrogen functional groups attached to an aromatic ring is 1. The van der Waals surface area contributed by atoms with Crippen molar-refractivity contribution in [1.82, 2.24) is 20.2 Å². The number of nitrogens with zero attached hydrogens (tertiary/aromatic N) is 4. The van der Waals surface area contributed by atoms with E-state index in [0.29, 0.717) is 17.2 Å². The molecule has 2 aromatic rings. The molecule has 0 radical (unpaired) electrons. The normalized spacial score (nSPS) is 10.1. The maximum atomic E-state index is 5.61. The molecule has 0 aliphatic carbocycles. The van der Waals surface area contributed by atoms with Gasteiger partial charge in [0.2, 0.25) is 5.95 Å². The number of hydrogen-bond donors (Lipinski definition) is 1. The molecule has 1 aromatic heterocycles. The maximum Gasteiger partial charge on any atom is 0.245 e. The van der Waals surface area contributed by atoms with E-state index in [1.54, 1.807) is 32.4 Å². The lowest BCUT2D eigenvalue weighted by Gasteiger charge is -2.09. The summed E-state index contributed by atoms with van der Waals surface area (Å²) < 4.78 is 11.7. The third-order valence-corrected chi connectivity index (χ3v) is 2.11. The average Bonchev–Trinajstić information content (AvgIpc) is 2.74. The fourth-order valence-electron chi connectivity index (χ4n) is 1.33. The highest BCUT2D eigenvalue weighted by Crippen LogP contribution is 2.27. The van der Waals surface area contributed by atoms with Crippen molar-refractivity contribution >= 4 is 5.95 Å². The third-order valence-electron chi connectivity index (χ3n) is 2.11. The monoisotopic (exact) mass is 221 g/mol. The second kappa shape index (κ2) is 4.05. The predicted octanol–water partition coefficient (Wildman–Crippen LogP) is 0.262. The largest absolute Gasteiger partial charge is 0.497 e. The summed E-state index contributed by atoms with van der Waals surface area (Å²) in [5.41, 5.74) is 6.26. The topological polar surface area (TPSA) is 88.1 Å². The molecule has 0 aliphatic heterocycles. The number of methoxy groups -OCH3 is 2. The highest BCUT2D eigenvalue weighted by molar-refractivity contribution is 5.52. The first-order chi connectivity index (χ1) is 7.76. The van der Waals surface area contributed by atoms with Gasteiger partial charge in [0.25, 0.3) is 0 Å². The number of benzene rings is 1. The minimum absolute atomic E-state index is 0.198. The highest BCUT2D eigenvalue weighted by atomic mass is 16.5. The summed E-state index contributed by atoms with van der Waals surface area (Å²) in [7, 11) is 3.14. The van der Waals surface area contributed by atoms with Gasteiger partial charge in [0, 0.05) is 6.07 Å². The van der Waals surface area contributed by atoms with E-state index in [1.807, 2.05) is 0 Å². The minimum Gasteiger partial charge on any atom is -0.497 e. The zero-order valence-corrected chi connectivity index (χ0v) is 8.91. The smallest absolute Gasteiger partial charge is 0.245 e. The minimum atomic E-state index is 0.198. The summed E-state index contributed by atoms with van der Waals surface area (Å²) in [4.78, 5) is 0. The first kappa shape index (κ1) is 10.2. The quantitative estimate of drug-likeness (QED) is 0.799. The van der Waals surface area contributed by atoms with Crippen molar-refractivity contribution in [3.63, 3.8) is 0 Å². The number of anilines is 1. The second-order valence-electron chi connectivity index (χ2n) is 2.99. The Labute approximate surface area is 91.8 Å². The van der Waals surface area contributed by atoms with Crippen molar-refractivity contribution in [2.24, 2.45) is 0 Å². The van der Waals surface area contributed by atoms with Crippen molar-refractivity contribution in [1.29, 1.82) is 0 Å². The lowest BCUT2D eigenvalue weighted by Crippen LogP contribution is -2.04. The van der Waals surface area contributed by atoms with E-state index in [2.05, 4.69) is 15.5 Å². The molecule has 0 amide bonds. The van der Waals surface area contributed by atoms with Gasteiger partial charge in [-0.15, -0.1) is 0 Å². The molecule has 16 heavy (non-hydrogen) atoms. The molecule has 1 aromatic carbocycles. The van der Waals surface area contributed by atoms with Crippen molar-refractivity contribution in [3.05, 3.63) is 18.2 Å². The molecule has 0 spiro atoms. The molecule has 0 atom stereocenters. The van der Waals surface area contributed by atoms with E-state index >= 15 is 0 Å². The van der Waals surface area contributed by atoms with E-state index in [-0.39, 0.29) is 5.95 Å². The van der Waals surface area contributed by atoms with Crippen LogP contribution < -0.4 is 15.2 Å². The van der Waals surface area contributed by atoms with Gasteiger partial charge in [-0.3, -0.25) is 0 Å². The Kier molecular flexibility index (Phi) is 2.59. The van der Waals surface area contributed by atoms with E-state index in [9.17, 15) is 0 Å². The van der Waals surface area contributed by atoms with Crippen LogP contribution in [0.2, 0.25) is 0 Å². The Bertz CT molecular complexity index is 496. The summed E-state index contributed by atoms with van der Waals surface area (Å²) in [6, 6.07) is 5.28. The van der Waals surface area contributed by atoms with Gasteiger partial charge in [-0.05, 0) is 22.6 Å². The molecule has 0 bridgehead atoms. The third kappa shape index (κ3) is 1.62. The highest BCUT2D eigenvalue weighted by Gasteiger charge is 2.11. The molecule has 2 N–H and O–H groups in total. The first-order valence-electron chi connectivity index (χ1n) is 4.52. The summed E-state index contributed by atoms with van der Waals surface area (Å²) >= 11 is 0. The number of hydrogen-bond acceptors (Lipinski definition) is 6. The molecule has 7 heteroatoms. The van der Waals surface area contributed by atoms with Gasteiger partial charge in [0.05, 0.1) is 14.2 Å². The Morgan fingerprint density at radius 1 is 1.25 bits per heavy atom. The van der Waals surface area contributed by atoms with E-state index in [1.165, 1.54) is 4.68 Å². The summed E-state index contributed by atoms with van der Waals surface area (Å²) in [6.45, 7) is 0. The molecule has 0 unspecified atom stereocenters. The van der Waals surface area contributed by atoms with Crippen LogP contribution in [0.3, 0.4) is 0 Å². The number of rotatable bonds is 3. The standard InChI is InChI=1S/C9H11N5O2/c1-15-6-3-4-7(8(5-6)16-2)14-9(10)11-12-13-14/h3-5H,1-2H3,(H2,10,11,13). The fraction of sp³-hybridized carbons (Fsp3) is 0.222. The fourth-order valence-corrected chi connectivity index (χ4v) is 1.33. The van der Waals surface area contributed by atoms with E-state index < -0.39 is 0 Å². The Morgan fingerprint density at radius 2 is 2.06 bits per heavy atom. The molecule has 1 heterocycles. The maximum absolute atomic E-state index is 5.61. The molecule has 0 aliphatic rings. The van der Waals surface area contributed by atoms with E-state index in [4.69, 9.17) is 15.2 Å². The zero-order chi connectivity index (χ0) is 11.5.